The number of anilines is 2. The van der Waals surface area contributed by atoms with Crippen LogP contribution in [0.15, 0.2) is 24.3 Å². The molecule has 3 rings (SSSR count). The molecule has 1 aliphatic rings. The Hall–Kier alpha value is -2.57. The van der Waals surface area contributed by atoms with Crippen LogP contribution in [0.4, 0.5) is 11.9 Å². The number of hydrogen-bond donors (Lipinski definition) is 2. The molecule has 2 aromatic rings. The number of H-pyrrole nitrogens is 1. The van der Waals surface area contributed by atoms with Crippen molar-refractivity contribution in [3.8, 4) is 5.75 Å². The topological polar surface area (TPSA) is 83.1 Å². The number of benzene rings is 1. The van der Waals surface area contributed by atoms with E-state index in [2.05, 4.69) is 32.3 Å². The van der Waals surface area contributed by atoms with Gasteiger partial charge in [-0.25, -0.2) is 5.10 Å². The molecule has 0 radical (unpaired) electrons. The Morgan fingerprint density at radius 2 is 2.00 bits per heavy atom. The van der Waals surface area contributed by atoms with E-state index >= 15 is 0 Å². The summed E-state index contributed by atoms with van der Waals surface area (Å²) in [7, 11) is 0. The monoisotopic (exact) mass is 343 g/mol. The van der Waals surface area contributed by atoms with Gasteiger partial charge in [0.2, 0.25) is 11.9 Å². The number of aromatic amines is 1. The summed E-state index contributed by atoms with van der Waals surface area (Å²) in [5.74, 6) is 1.57. The van der Waals surface area contributed by atoms with E-state index in [1.807, 2.05) is 12.1 Å². The third kappa shape index (κ3) is 4.71. The number of unbranched alkanes of at least 4 members (excludes halogenated alkanes) is 1. The molecule has 0 atom stereocenters. The Kier molecular flexibility index (Phi) is 5.87. The van der Waals surface area contributed by atoms with Crippen LogP contribution >= 0.6 is 0 Å². The maximum atomic E-state index is 12.3. The second kappa shape index (κ2) is 8.50. The SMILES string of the molecule is CCCCOc1ccc(C(=O)Nc2nc(N3CCCCC3)n[nH]2)cc1. The number of nitrogens with zero attached hydrogens (tertiary/aromatic N) is 3. The summed E-state index contributed by atoms with van der Waals surface area (Å²) in [6, 6.07) is 7.12. The Morgan fingerprint density at radius 3 is 2.72 bits per heavy atom. The molecule has 1 fully saturated rings. The van der Waals surface area contributed by atoms with Gasteiger partial charge in [0.05, 0.1) is 6.61 Å². The van der Waals surface area contributed by atoms with Crippen LogP contribution in [0.1, 0.15) is 49.4 Å². The van der Waals surface area contributed by atoms with Gasteiger partial charge < -0.3 is 9.64 Å². The normalized spacial score (nSPS) is 14.4. The molecule has 7 nitrogen and oxygen atoms in total. The molecule has 1 aliphatic heterocycles. The van der Waals surface area contributed by atoms with Crippen LogP contribution < -0.4 is 15.0 Å². The molecule has 7 heteroatoms. The number of amides is 1. The zero-order valence-electron chi connectivity index (χ0n) is 14.6. The average molecular weight is 343 g/mol. The third-order valence-electron chi connectivity index (χ3n) is 4.23. The Labute approximate surface area is 147 Å². The third-order valence-corrected chi connectivity index (χ3v) is 4.23. The summed E-state index contributed by atoms with van der Waals surface area (Å²) in [4.78, 5) is 18.8. The van der Waals surface area contributed by atoms with Gasteiger partial charge in [0.25, 0.3) is 5.91 Å². The van der Waals surface area contributed by atoms with Crippen molar-refractivity contribution >= 4 is 17.8 Å². The van der Waals surface area contributed by atoms with Gasteiger partial charge in [-0.15, -0.1) is 5.10 Å². The molecule has 1 aromatic heterocycles. The lowest BCUT2D eigenvalue weighted by Gasteiger charge is -2.24. The first-order chi connectivity index (χ1) is 12.3. The summed E-state index contributed by atoms with van der Waals surface area (Å²) in [5, 5.41) is 9.74. The van der Waals surface area contributed by atoms with E-state index in [9.17, 15) is 4.79 Å². The van der Waals surface area contributed by atoms with Crippen LogP contribution in [0.25, 0.3) is 0 Å². The molecule has 0 bridgehead atoms. The molecule has 0 unspecified atom stereocenters. The minimum absolute atomic E-state index is 0.221. The number of piperidine rings is 1. The molecule has 2 heterocycles. The Bertz CT molecular complexity index is 677. The highest BCUT2D eigenvalue weighted by Gasteiger charge is 2.16. The molecule has 1 amide bonds. The van der Waals surface area contributed by atoms with Crippen LogP contribution in [0.5, 0.6) is 5.75 Å². The predicted octanol–water partition coefficient (Wildman–Crippen LogP) is 3.23. The number of ether oxygens (including phenoxy) is 1. The van der Waals surface area contributed by atoms with Crippen LogP contribution in [0.3, 0.4) is 0 Å². The number of nitrogens with one attached hydrogen (secondary N) is 2. The van der Waals surface area contributed by atoms with E-state index in [1.165, 1.54) is 6.42 Å². The largest absolute Gasteiger partial charge is 0.494 e. The van der Waals surface area contributed by atoms with Crippen molar-refractivity contribution in [2.24, 2.45) is 0 Å². The van der Waals surface area contributed by atoms with Crippen molar-refractivity contribution < 1.29 is 9.53 Å². The minimum Gasteiger partial charge on any atom is -0.494 e. The Morgan fingerprint density at radius 1 is 1.24 bits per heavy atom. The fourth-order valence-corrected chi connectivity index (χ4v) is 2.76. The molecule has 0 saturated carbocycles. The summed E-state index contributed by atoms with van der Waals surface area (Å²) >= 11 is 0. The molecule has 1 saturated heterocycles. The lowest BCUT2D eigenvalue weighted by atomic mass is 10.1. The van der Waals surface area contributed by atoms with Gasteiger partial charge in [-0.05, 0) is 49.9 Å². The molecule has 1 aromatic carbocycles. The maximum Gasteiger partial charge on any atom is 0.258 e. The van der Waals surface area contributed by atoms with Gasteiger partial charge >= 0.3 is 0 Å². The van der Waals surface area contributed by atoms with Crippen molar-refractivity contribution in [3.05, 3.63) is 29.8 Å². The highest BCUT2D eigenvalue weighted by molar-refractivity contribution is 6.03. The molecule has 134 valence electrons. The van der Waals surface area contributed by atoms with Gasteiger partial charge in [-0.1, -0.05) is 13.3 Å². The smallest absolute Gasteiger partial charge is 0.258 e. The van der Waals surface area contributed by atoms with E-state index in [-0.39, 0.29) is 5.91 Å². The summed E-state index contributed by atoms with van der Waals surface area (Å²) in [6.07, 6.45) is 5.68. The van der Waals surface area contributed by atoms with Crippen LogP contribution in [-0.4, -0.2) is 40.8 Å². The zero-order valence-corrected chi connectivity index (χ0v) is 14.6. The average Bonchev–Trinajstić information content (AvgIpc) is 3.12. The first-order valence-electron chi connectivity index (χ1n) is 8.98. The summed E-state index contributed by atoms with van der Waals surface area (Å²) in [5.41, 5.74) is 0.554. The molecule has 2 N–H and O–H groups in total. The number of hydrogen-bond acceptors (Lipinski definition) is 5. The summed E-state index contributed by atoms with van der Waals surface area (Å²) in [6.45, 7) is 4.74. The van der Waals surface area contributed by atoms with Crippen LogP contribution in [0, 0.1) is 0 Å². The lowest BCUT2D eigenvalue weighted by Crippen LogP contribution is -2.30. The van der Waals surface area contributed by atoms with Crippen molar-refractivity contribution in [2.45, 2.75) is 39.0 Å². The van der Waals surface area contributed by atoms with Crippen molar-refractivity contribution in [1.29, 1.82) is 0 Å². The van der Waals surface area contributed by atoms with E-state index in [1.54, 1.807) is 12.1 Å². The van der Waals surface area contributed by atoms with Crippen molar-refractivity contribution in [1.82, 2.24) is 15.2 Å². The van der Waals surface area contributed by atoms with E-state index in [0.29, 0.717) is 24.1 Å². The molecular formula is C18H25N5O2. The first-order valence-corrected chi connectivity index (χ1v) is 8.98. The highest BCUT2D eigenvalue weighted by atomic mass is 16.5. The lowest BCUT2D eigenvalue weighted by molar-refractivity contribution is 0.102. The fourth-order valence-electron chi connectivity index (χ4n) is 2.76. The molecule has 0 spiro atoms. The minimum atomic E-state index is -0.221. The molecule has 25 heavy (non-hydrogen) atoms. The summed E-state index contributed by atoms with van der Waals surface area (Å²) < 4.78 is 5.60. The van der Waals surface area contributed by atoms with Gasteiger partial charge in [0.1, 0.15) is 5.75 Å². The standard InChI is InChI=1S/C18H25N5O2/c1-2-3-13-25-15-9-7-14(8-10-15)16(24)19-17-20-18(22-21-17)23-11-5-4-6-12-23/h7-10H,2-6,11-13H2,1H3,(H2,19,20,21,22,24). The first kappa shape index (κ1) is 17.3. The number of carbonyl (C=O) groups is 1. The quantitative estimate of drug-likeness (QED) is 0.754. The van der Waals surface area contributed by atoms with E-state index in [4.69, 9.17) is 4.74 Å². The zero-order chi connectivity index (χ0) is 17.5. The van der Waals surface area contributed by atoms with Gasteiger partial charge in [-0.2, -0.15) is 4.98 Å². The van der Waals surface area contributed by atoms with E-state index in [0.717, 1.165) is 44.5 Å². The second-order valence-corrected chi connectivity index (χ2v) is 6.21. The Balaban J connectivity index is 1.55. The van der Waals surface area contributed by atoms with Crippen LogP contribution in [0.2, 0.25) is 0 Å². The van der Waals surface area contributed by atoms with E-state index < -0.39 is 0 Å². The second-order valence-electron chi connectivity index (χ2n) is 6.21. The maximum absolute atomic E-state index is 12.3. The predicted molar refractivity (Wildman–Crippen MR) is 97.2 cm³/mol. The number of aromatic nitrogens is 3. The number of rotatable bonds is 7. The van der Waals surface area contributed by atoms with Crippen LogP contribution in [-0.2, 0) is 0 Å². The van der Waals surface area contributed by atoms with Crippen molar-refractivity contribution in [3.63, 3.8) is 0 Å². The van der Waals surface area contributed by atoms with Gasteiger partial charge in [-0.3, -0.25) is 10.1 Å². The molecule has 0 aliphatic carbocycles. The fraction of sp³-hybridized carbons (Fsp3) is 0.500. The molecular weight excluding hydrogens is 318 g/mol. The van der Waals surface area contributed by atoms with Gasteiger partial charge in [0, 0.05) is 18.7 Å². The van der Waals surface area contributed by atoms with Gasteiger partial charge in [0.15, 0.2) is 0 Å². The van der Waals surface area contributed by atoms with Crippen molar-refractivity contribution in [2.75, 3.05) is 29.9 Å². The highest BCUT2D eigenvalue weighted by Crippen LogP contribution is 2.17. The number of carbonyl (C=O) groups excluding carboxylic acids is 1.